The fourth-order valence-electron chi connectivity index (χ4n) is 2.53. The van der Waals surface area contributed by atoms with Crippen LogP contribution in [0.2, 0.25) is 0 Å². The molecule has 3 rings (SSSR count). The lowest BCUT2D eigenvalue weighted by Crippen LogP contribution is -2.30. The minimum atomic E-state index is -0.170. The molecule has 6 heteroatoms. The van der Waals surface area contributed by atoms with Crippen molar-refractivity contribution in [2.75, 3.05) is 6.54 Å². The summed E-state index contributed by atoms with van der Waals surface area (Å²) in [7, 11) is 0. The Balaban J connectivity index is 1.50. The number of nitrogens with one attached hydrogen (secondary N) is 1. The molecule has 0 aromatic carbocycles. The molecular weight excluding hydrogens is 280 g/mol. The van der Waals surface area contributed by atoms with E-state index in [1.54, 1.807) is 6.07 Å². The highest BCUT2D eigenvalue weighted by molar-refractivity contribution is 5.92. The lowest BCUT2D eigenvalue weighted by atomic mass is 10.2. The van der Waals surface area contributed by atoms with Crippen LogP contribution in [0, 0.1) is 19.8 Å². The molecule has 0 saturated heterocycles. The van der Waals surface area contributed by atoms with Crippen molar-refractivity contribution in [1.29, 1.82) is 0 Å². The molecule has 2 aromatic heterocycles. The molecule has 1 aliphatic carbocycles. The molecular formula is C16H22N4O2. The van der Waals surface area contributed by atoms with Crippen LogP contribution in [0.3, 0.4) is 0 Å². The molecule has 118 valence electrons. The second-order valence-corrected chi connectivity index (χ2v) is 6.31. The largest absolute Gasteiger partial charge is 0.360 e. The monoisotopic (exact) mass is 302 g/mol. The highest BCUT2D eigenvalue weighted by atomic mass is 16.5. The van der Waals surface area contributed by atoms with Gasteiger partial charge in [0.05, 0.1) is 5.69 Å². The molecule has 1 fully saturated rings. The third kappa shape index (κ3) is 3.37. The first kappa shape index (κ1) is 14.8. The van der Waals surface area contributed by atoms with E-state index in [0.717, 1.165) is 36.5 Å². The summed E-state index contributed by atoms with van der Waals surface area (Å²) in [6.07, 6.45) is 2.27. The molecule has 2 heterocycles. The second kappa shape index (κ2) is 5.94. The van der Waals surface area contributed by atoms with E-state index in [1.165, 1.54) is 0 Å². The Labute approximate surface area is 129 Å². The van der Waals surface area contributed by atoms with Crippen LogP contribution in [0.25, 0.3) is 0 Å². The van der Waals surface area contributed by atoms with Crippen LogP contribution < -0.4 is 5.32 Å². The predicted molar refractivity (Wildman–Crippen MR) is 81.7 cm³/mol. The van der Waals surface area contributed by atoms with Crippen molar-refractivity contribution in [3.63, 3.8) is 0 Å². The molecule has 0 aliphatic heterocycles. The van der Waals surface area contributed by atoms with Gasteiger partial charge < -0.3 is 9.84 Å². The van der Waals surface area contributed by atoms with Crippen LogP contribution >= 0.6 is 0 Å². The van der Waals surface area contributed by atoms with Gasteiger partial charge in [-0.25, -0.2) is 0 Å². The summed E-state index contributed by atoms with van der Waals surface area (Å²) in [6, 6.07) is 3.82. The Hall–Kier alpha value is -2.11. The SMILES string of the molecule is Cc1cc(C)n(CC(C)CNC(=O)c2cc(C3CC3)on2)n1. The van der Waals surface area contributed by atoms with E-state index in [-0.39, 0.29) is 11.8 Å². The third-order valence-electron chi connectivity index (χ3n) is 3.94. The predicted octanol–water partition coefficient (Wildman–Crippen LogP) is 2.43. The van der Waals surface area contributed by atoms with E-state index in [9.17, 15) is 4.79 Å². The fourth-order valence-corrected chi connectivity index (χ4v) is 2.53. The van der Waals surface area contributed by atoms with Gasteiger partial charge in [0, 0.05) is 30.8 Å². The van der Waals surface area contributed by atoms with E-state index in [2.05, 4.69) is 28.6 Å². The van der Waals surface area contributed by atoms with Crippen LogP contribution in [0.5, 0.6) is 0 Å². The lowest BCUT2D eigenvalue weighted by Gasteiger charge is -2.13. The Morgan fingerprint density at radius 1 is 1.45 bits per heavy atom. The van der Waals surface area contributed by atoms with Crippen LogP contribution in [-0.4, -0.2) is 27.4 Å². The number of carbonyl (C=O) groups excluding carboxylic acids is 1. The summed E-state index contributed by atoms with van der Waals surface area (Å²) >= 11 is 0. The summed E-state index contributed by atoms with van der Waals surface area (Å²) in [6.45, 7) is 7.49. The zero-order valence-corrected chi connectivity index (χ0v) is 13.3. The number of rotatable bonds is 6. The van der Waals surface area contributed by atoms with Gasteiger partial charge in [-0.1, -0.05) is 12.1 Å². The zero-order chi connectivity index (χ0) is 15.7. The zero-order valence-electron chi connectivity index (χ0n) is 13.3. The van der Waals surface area contributed by atoms with Gasteiger partial charge in [-0.3, -0.25) is 9.48 Å². The summed E-state index contributed by atoms with van der Waals surface area (Å²) < 4.78 is 7.19. The number of amides is 1. The Bertz CT molecular complexity index is 669. The molecule has 22 heavy (non-hydrogen) atoms. The average Bonchev–Trinajstić information content (AvgIpc) is 3.12. The number of hydrogen-bond acceptors (Lipinski definition) is 4. The van der Waals surface area contributed by atoms with E-state index >= 15 is 0 Å². The number of aryl methyl sites for hydroxylation is 2. The van der Waals surface area contributed by atoms with Crippen molar-refractivity contribution in [1.82, 2.24) is 20.3 Å². The van der Waals surface area contributed by atoms with Crippen molar-refractivity contribution < 1.29 is 9.32 Å². The van der Waals surface area contributed by atoms with E-state index < -0.39 is 0 Å². The summed E-state index contributed by atoms with van der Waals surface area (Å²) in [5.41, 5.74) is 2.53. The van der Waals surface area contributed by atoms with E-state index in [1.807, 2.05) is 18.5 Å². The first-order chi connectivity index (χ1) is 10.5. The van der Waals surface area contributed by atoms with Gasteiger partial charge in [0.25, 0.3) is 5.91 Å². The minimum Gasteiger partial charge on any atom is -0.360 e. The maximum atomic E-state index is 12.1. The van der Waals surface area contributed by atoms with Gasteiger partial charge in [0.2, 0.25) is 0 Å². The number of aromatic nitrogens is 3. The van der Waals surface area contributed by atoms with Crippen molar-refractivity contribution >= 4 is 5.91 Å². The normalized spacial score (nSPS) is 15.8. The molecule has 0 spiro atoms. The molecule has 1 amide bonds. The van der Waals surface area contributed by atoms with Crippen LogP contribution in [-0.2, 0) is 6.54 Å². The fraction of sp³-hybridized carbons (Fsp3) is 0.562. The van der Waals surface area contributed by atoms with Gasteiger partial charge in [0.1, 0.15) is 5.76 Å². The van der Waals surface area contributed by atoms with Crippen molar-refractivity contribution in [3.05, 3.63) is 35.0 Å². The number of hydrogen-bond donors (Lipinski definition) is 1. The molecule has 1 saturated carbocycles. The highest BCUT2D eigenvalue weighted by Crippen LogP contribution is 2.40. The molecule has 1 N–H and O–H groups in total. The Morgan fingerprint density at radius 3 is 2.86 bits per heavy atom. The van der Waals surface area contributed by atoms with Crippen LogP contribution in [0.4, 0.5) is 0 Å². The highest BCUT2D eigenvalue weighted by Gasteiger charge is 2.28. The van der Waals surface area contributed by atoms with Crippen LogP contribution in [0.1, 0.15) is 53.3 Å². The van der Waals surface area contributed by atoms with E-state index in [4.69, 9.17) is 4.52 Å². The first-order valence-electron chi connectivity index (χ1n) is 7.79. The number of nitrogens with zero attached hydrogens (tertiary/aromatic N) is 3. The van der Waals surface area contributed by atoms with Crippen molar-refractivity contribution in [2.24, 2.45) is 5.92 Å². The standard InChI is InChI=1S/C16H22N4O2/c1-10(9-20-12(3)6-11(2)18-20)8-17-16(21)14-7-15(22-19-14)13-4-5-13/h6-7,10,13H,4-5,8-9H2,1-3H3,(H,17,21). The molecule has 2 aromatic rings. The molecule has 1 aliphatic rings. The Morgan fingerprint density at radius 2 is 2.23 bits per heavy atom. The van der Waals surface area contributed by atoms with E-state index in [0.29, 0.717) is 18.2 Å². The summed E-state index contributed by atoms with van der Waals surface area (Å²) in [4.78, 5) is 12.1. The van der Waals surface area contributed by atoms with Crippen LogP contribution in [0.15, 0.2) is 16.7 Å². The smallest absolute Gasteiger partial charge is 0.273 e. The van der Waals surface area contributed by atoms with Gasteiger partial charge >= 0.3 is 0 Å². The quantitative estimate of drug-likeness (QED) is 0.889. The second-order valence-electron chi connectivity index (χ2n) is 6.31. The summed E-state index contributed by atoms with van der Waals surface area (Å²) in [5, 5.41) is 11.2. The molecule has 0 radical (unpaired) electrons. The van der Waals surface area contributed by atoms with Gasteiger partial charge in [-0.15, -0.1) is 0 Å². The first-order valence-corrected chi connectivity index (χ1v) is 7.79. The molecule has 1 atom stereocenters. The average molecular weight is 302 g/mol. The number of carbonyl (C=O) groups is 1. The lowest BCUT2D eigenvalue weighted by molar-refractivity contribution is 0.0937. The molecule has 0 bridgehead atoms. The molecule has 1 unspecified atom stereocenters. The molecule has 6 nitrogen and oxygen atoms in total. The van der Waals surface area contributed by atoms with Gasteiger partial charge in [-0.05, 0) is 38.7 Å². The topological polar surface area (TPSA) is 73.0 Å². The summed E-state index contributed by atoms with van der Waals surface area (Å²) in [5.74, 6) is 1.42. The van der Waals surface area contributed by atoms with Crippen molar-refractivity contribution in [3.8, 4) is 0 Å². The Kier molecular flexibility index (Phi) is 4.00. The van der Waals surface area contributed by atoms with Gasteiger partial charge in [-0.2, -0.15) is 5.10 Å². The minimum absolute atomic E-state index is 0.170. The van der Waals surface area contributed by atoms with Crippen molar-refractivity contribution in [2.45, 2.75) is 46.1 Å². The van der Waals surface area contributed by atoms with Gasteiger partial charge in [0.15, 0.2) is 5.69 Å². The third-order valence-corrected chi connectivity index (χ3v) is 3.94. The maximum Gasteiger partial charge on any atom is 0.273 e. The maximum absolute atomic E-state index is 12.1.